The van der Waals surface area contributed by atoms with Crippen molar-refractivity contribution in [3.63, 3.8) is 0 Å². The molecule has 1 atom stereocenters. The SMILES string of the molecule is C[N+]1(CCOc2ccc(-c3cccc4c3-c3nc(N)nc(-c5ccc(F)cc5)c3C4O)cc2)CCOCC1. The van der Waals surface area contributed by atoms with Gasteiger partial charge in [0.05, 0.1) is 31.6 Å². The summed E-state index contributed by atoms with van der Waals surface area (Å²) in [5.41, 5.74) is 11.9. The highest BCUT2D eigenvalue weighted by molar-refractivity contribution is 5.92. The maximum atomic E-state index is 13.6. The summed E-state index contributed by atoms with van der Waals surface area (Å²) in [6.07, 6.45) is -0.923. The summed E-state index contributed by atoms with van der Waals surface area (Å²) in [4.78, 5) is 8.96. The van der Waals surface area contributed by atoms with E-state index in [9.17, 15) is 9.50 Å². The van der Waals surface area contributed by atoms with Crippen LogP contribution in [-0.4, -0.2) is 66.1 Å². The molecule has 8 heteroatoms. The summed E-state index contributed by atoms with van der Waals surface area (Å²) < 4.78 is 26.1. The van der Waals surface area contributed by atoms with Gasteiger partial charge in [-0.15, -0.1) is 0 Å². The van der Waals surface area contributed by atoms with Gasteiger partial charge in [-0.25, -0.2) is 14.4 Å². The van der Waals surface area contributed by atoms with Crippen LogP contribution in [-0.2, 0) is 4.74 Å². The number of halogens is 1. The van der Waals surface area contributed by atoms with Gasteiger partial charge in [0.2, 0.25) is 5.95 Å². The first-order chi connectivity index (χ1) is 18.4. The molecule has 0 spiro atoms. The molecule has 6 rings (SSSR count). The Kier molecular flexibility index (Phi) is 6.31. The predicted octanol–water partition coefficient (Wildman–Crippen LogP) is 4.45. The van der Waals surface area contributed by atoms with Gasteiger partial charge in [-0.2, -0.15) is 0 Å². The third-order valence-electron chi connectivity index (χ3n) is 7.60. The standard InChI is InChI=1S/C30H30FN4O3/c1-35(13-16-37-17-14-35)15-18-38-22-11-7-19(8-12-22)23-3-2-4-24-25(23)28-26(29(24)36)27(33-30(32)34-28)20-5-9-21(31)10-6-20/h2-12,29,36H,13-18H2,1H3,(H2,32,33,34)/q+1. The third kappa shape index (κ3) is 4.51. The van der Waals surface area contributed by atoms with E-state index in [1.807, 2.05) is 42.5 Å². The van der Waals surface area contributed by atoms with E-state index in [2.05, 4.69) is 17.0 Å². The summed E-state index contributed by atoms with van der Waals surface area (Å²) in [7, 11) is 2.25. The molecule has 0 saturated carbocycles. The van der Waals surface area contributed by atoms with E-state index in [4.69, 9.17) is 15.2 Å². The Bertz CT molecular complexity index is 1470. The summed E-state index contributed by atoms with van der Waals surface area (Å²) in [5.74, 6) is 0.563. The van der Waals surface area contributed by atoms with Gasteiger partial charge >= 0.3 is 0 Å². The van der Waals surface area contributed by atoms with Gasteiger partial charge in [0.25, 0.3) is 0 Å². The van der Waals surface area contributed by atoms with Gasteiger partial charge in [-0.1, -0.05) is 30.3 Å². The van der Waals surface area contributed by atoms with Crippen molar-refractivity contribution in [1.82, 2.24) is 9.97 Å². The maximum Gasteiger partial charge on any atom is 0.221 e. The van der Waals surface area contributed by atoms with Crippen molar-refractivity contribution in [3.05, 3.63) is 83.7 Å². The van der Waals surface area contributed by atoms with Crippen molar-refractivity contribution < 1.29 is 23.5 Å². The molecule has 0 amide bonds. The van der Waals surface area contributed by atoms with Crippen molar-refractivity contribution in [2.24, 2.45) is 0 Å². The summed E-state index contributed by atoms with van der Waals surface area (Å²) in [5, 5.41) is 11.3. The highest BCUT2D eigenvalue weighted by Crippen LogP contribution is 2.50. The van der Waals surface area contributed by atoms with Crippen LogP contribution in [0.25, 0.3) is 33.6 Å². The van der Waals surface area contributed by atoms with Crippen LogP contribution in [0.3, 0.4) is 0 Å². The van der Waals surface area contributed by atoms with Crippen molar-refractivity contribution in [2.45, 2.75) is 6.10 Å². The molecule has 194 valence electrons. The van der Waals surface area contributed by atoms with Crippen LogP contribution in [0.4, 0.5) is 10.3 Å². The molecular weight excluding hydrogens is 483 g/mol. The summed E-state index contributed by atoms with van der Waals surface area (Å²) >= 11 is 0. The molecule has 1 aromatic heterocycles. The third-order valence-corrected chi connectivity index (χ3v) is 7.60. The number of nitrogens with zero attached hydrogens (tertiary/aromatic N) is 3. The second kappa shape index (κ2) is 9.79. The first kappa shape index (κ1) is 24.5. The predicted molar refractivity (Wildman–Crippen MR) is 144 cm³/mol. The van der Waals surface area contributed by atoms with Gasteiger partial charge in [0.1, 0.15) is 43.9 Å². The topological polar surface area (TPSA) is 90.5 Å². The minimum Gasteiger partial charge on any atom is -0.488 e. The molecule has 38 heavy (non-hydrogen) atoms. The maximum absolute atomic E-state index is 13.6. The second-order valence-electron chi connectivity index (χ2n) is 10.1. The minimum atomic E-state index is -0.923. The van der Waals surface area contributed by atoms with E-state index in [1.54, 1.807) is 12.1 Å². The van der Waals surface area contributed by atoms with Crippen molar-refractivity contribution in [1.29, 1.82) is 0 Å². The van der Waals surface area contributed by atoms with E-state index < -0.39 is 6.10 Å². The Balaban J connectivity index is 1.30. The van der Waals surface area contributed by atoms with Gasteiger partial charge < -0.3 is 24.8 Å². The van der Waals surface area contributed by atoms with Gasteiger partial charge in [0, 0.05) is 16.7 Å². The molecule has 1 unspecified atom stereocenters. The van der Waals surface area contributed by atoms with E-state index in [0.29, 0.717) is 29.1 Å². The zero-order valence-electron chi connectivity index (χ0n) is 21.2. The van der Waals surface area contributed by atoms with Crippen LogP contribution < -0.4 is 10.5 Å². The first-order valence-electron chi connectivity index (χ1n) is 12.8. The number of nitrogen functional groups attached to an aromatic ring is 1. The number of hydrogen-bond acceptors (Lipinski definition) is 6. The zero-order valence-corrected chi connectivity index (χ0v) is 21.2. The molecule has 0 bridgehead atoms. The number of hydrogen-bond donors (Lipinski definition) is 2. The van der Waals surface area contributed by atoms with E-state index >= 15 is 0 Å². The van der Waals surface area contributed by atoms with Crippen LogP contribution in [0.5, 0.6) is 5.75 Å². The average Bonchev–Trinajstić information content (AvgIpc) is 3.21. The lowest BCUT2D eigenvalue weighted by Crippen LogP contribution is -2.53. The monoisotopic (exact) mass is 513 g/mol. The normalized spacial score (nSPS) is 17.6. The lowest BCUT2D eigenvalue weighted by Gasteiger charge is -2.37. The summed E-state index contributed by atoms with van der Waals surface area (Å²) in [6.45, 7) is 5.18. The molecule has 1 aliphatic heterocycles. The number of aliphatic hydroxyl groups excluding tert-OH is 1. The van der Waals surface area contributed by atoms with Crippen LogP contribution in [0.2, 0.25) is 0 Å². The Labute approximate surface area is 220 Å². The number of rotatable bonds is 6. The molecule has 1 saturated heterocycles. The van der Waals surface area contributed by atoms with Crippen LogP contribution in [0.1, 0.15) is 17.2 Å². The Morgan fingerprint density at radius 1 is 0.974 bits per heavy atom. The second-order valence-corrected chi connectivity index (χ2v) is 10.1. The zero-order chi connectivity index (χ0) is 26.3. The molecular formula is C30H30FN4O3+. The van der Waals surface area contributed by atoms with Crippen molar-refractivity contribution >= 4 is 5.95 Å². The fourth-order valence-corrected chi connectivity index (χ4v) is 5.34. The van der Waals surface area contributed by atoms with Crippen molar-refractivity contribution in [3.8, 4) is 39.4 Å². The number of benzene rings is 3. The van der Waals surface area contributed by atoms with Gasteiger partial charge in [-0.05, 0) is 53.1 Å². The Morgan fingerprint density at radius 2 is 1.66 bits per heavy atom. The highest BCUT2D eigenvalue weighted by Gasteiger charge is 2.34. The highest BCUT2D eigenvalue weighted by atomic mass is 19.1. The Morgan fingerprint density at radius 3 is 2.39 bits per heavy atom. The van der Waals surface area contributed by atoms with E-state index in [1.165, 1.54) is 12.1 Å². The largest absolute Gasteiger partial charge is 0.488 e. The first-order valence-corrected chi connectivity index (χ1v) is 12.8. The van der Waals surface area contributed by atoms with Crippen LogP contribution in [0, 0.1) is 5.82 Å². The molecule has 1 fully saturated rings. The fourth-order valence-electron chi connectivity index (χ4n) is 5.34. The molecule has 2 aliphatic rings. The van der Waals surface area contributed by atoms with Gasteiger partial charge in [-0.3, -0.25) is 0 Å². The van der Waals surface area contributed by atoms with Crippen LogP contribution >= 0.6 is 0 Å². The van der Waals surface area contributed by atoms with E-state index in [0.717, 1.165) is 65.3 Å². The number of fused-ring (bicyclic) bond motifs is 3. The molecule has 3 N–H and O–H groups in total. The quantitative estimate of drug-likeness (QED) is 0.370. The number of nitrogens with two attached hydrogens (primary N) is 1. The lowest BCUT2D eigenvalue weighted by atomic mass is 9.96. The number of likely N-dealkylation sites (N-methyl/N-ethyl adjacent to an activating group) is 1. The molecule has 4 aromatic rings. The number of morpholine rings is 1. The smallest absolute Gasteiger partial charge is 0.221 e. The lowest BCUT2D eigenvalue weighted by molar-refractivity contribution is -0.916. The van der Waals surface area contributed by atoms with E-state index in [-0.39, 0.29) is 11.8 Å². The number of aromatic nitrogens is 2. The van der Waals surface area contributed by atoms with Crippen molar-refractivity contribution in [2.75, 3.05) is 52.2 Å². The average molecular weight is 514 g/mol. The minimum absolute atomic E-state index is 0.0957. The van der Waals surface area contributed by atoms with Crippen LogP contribution in [0.15, 0.2) is 66.7 Å². The molecule has 3 aromatic carbocycles. The molecule has 1 aliphatic carbocycles. The summed E-state index contributed by atoms with van der Waals surface area (Å²) in [6, 6.07) is 19.8. The Hall–Kier alpha value is -3.85. The van der Waals surface area contributed by atoms with Gasteiger partial charge in [0.15, 0.2) is 0 Å². The molecule has 0 radical (unpaired) electrons. The number of aliphatic hydroxyl groups is 1. The molecule has 2 heterocycles. The fraction of sp³-hybridized carbons (Fsp3) is 0.267. The molecule has 7 nitrogen and oxygen atoms in total. The number of ether oxygens (including phenoxy) is 2. The number of quaternary nitrogens is 1. The number of anilines is 1.